The van der Waals surface area contributed by atoms with Crippen LogP contribution in [0.3, 0.4) is 0 Å². The van der Waals surface area contributed by atoms with Crippen LogP contribution in [0.15, 0.2) is 0 Å². The lowest BCUT2D eigenvalue weighted by Crippen LogP contribution is -2.59. The van der Waals surface area contributed by atoms with Crippen molar-refractivity contribution in [2.75, 3.05) is 32.8 Å². The predicted molar refractivity (Wildman–Crippen MR) is 62.2 cm³/mol. The highest BCUT2D eigenvalue weighted by Crippen LogP contribution is 2.20. The highest BCUT2D eigenvalue weighted by Gasteiger charge is 2.34. The minimum atomic E-state index is -0.112. The van der Waals surface area contributed by atoms with Crippen LogP contribution in [0.5, 0.6) is 0 Å². The Labute approximate surface area is 97.3 Å². The van der Waals surface area contributed by atoms with Gasteiger partial charge in [0.1, 0.15) is 6.61 Å². The summed E-state index contributed by atoms with van der Waals surface area (Å²) < 4.78 is 5.65. The highest BCUT2D eigenvalue weighted by atomic mass is 16.5. The first-order valence-electron chi connectivity index (χ1n) is 6.25. The van der Waals surface area contributed by atoms with E-state index in [1.54, 1.807) is 0 Å². The zero-order valence-electron chi connectivity index (χ0n) is 10.3. The lowest BCUT2D eigenvalue weighted by atomic mass is 10.0. The molecule has 2 saturated heterocycles. The average Bonchev–Trinajstić information content (AvgIpc) is 2.71. The zero-order valence-corrected chi connectivity index (χ0v) is 10.3. The standard InChI is InChI=1S/C12H22N2O2/c1-3-10-4-5-14(6-10)11(15)7-16-12(2)8-13-9-12/h10,13H,3-9H2,1-2H3. The van der Waals surface area contributed by atoms with E-state index in [2.05, 4.69) is 19.2 Å². The lowest BCUT2D eigenvalue weighted by Gasteiger charge is -2.39. The molecule has 2 aliphatic heterocycles. The summed E-state index contributed by atoms with van der Waals surface area (Å²) in [7, 11) is 0. The maximum Gasteiger partial charge on any atom is 0.248 e. The van der Waals surface area contributed by atoms with Crippen molar-refractivity contribution in [2.45, 2.75) is 32.3 Å². The molecule has 2 rings (SSSR count). The van der Waals surface area contributed by atoms with Crippen LogP contribution in [0.25, 0.3) is 0 Å². The molecule has 1 N–H and O–H groups in total. The fourth-order valence-electron chi connectivity index (χ4n) is 2.30. The SMILES string of the molecule is CCC1CCN(C(=O)COC2(C)CNC2)C1. The van der Waals surface area contributed by atoms with Crippen LogP contribution >= 0.6 is 0 Å². The number of nitrogens with one attached hydrogen (secondary N) is 1. The van der Waals surface area contributed by atoms with E-state index < -0.39 is 0 Å². The second-order valence-corrected chi connectivity index (χ2v) is 5.24. The number of carbonyl (C=O) groups is 1. The van der Waals surface area contributed by atoms with Crippen molar-refractivity contribution in [3.8, 4) is 0 Å². The second kappa shape index (κ2) is 4.72. The van der Waals surface area contributed by atoms with Gasteiger partial charge >= 0.3 is 0 Å². The summed E-state index contributed by atoms with van der Waals surface area (Å²) in [5.41, 5.74) is -0.112. The molecule has 92 valence electrons. The van der Waals surface area contributed by atoms with Gasteiger partial charge in [-0.2, -0.15) is 0 Å². The molecular weight excluding hydrogens is 204 g/mol. The molecule has 0 radical (unpaired) electrons. The fraction of sp³-hybridized carbons (Fsp3) is 0.917. The van der Waals surface area contributed by atoms with Crippen molar-refractivity contribution in [2.24, 2.45) is 5.92 Å². The van der Waals surface area contributed by atoms with Crippen LogP contribution in [0.1, 0.15) is 26.7 Å². The third kappa shape index (κ3) is 2.55. The van der Waals surface area contributed by atoms with Crippen molar-refractivity contribution >= 4 is 5.91 Å². The Kier molecular flexibility index (Phi) is 3.50. The van der Waals surface area contributed by atoms with Gasteiger partial charge in [0.05, 0.1) is 5.60 Å². The van der Waals surface area contributed by atoms with E-state index in [9.17, 15) is 4.79 Å². The number of rotatable bonds is 4. The van der Waals surface area contributed by atoms with Crippen LogP contribution in [-0.4, -0.2) is 49.2 Å². The molecule has 0 aromatic heterocycles. The van der Waals surface area contributed by atoms with E-state index in [1.807, 2.05) is 4.90 Å². The Morgan fingerprint density at radius 2 is 2.31 bits per heavy atom. The van der Waals surface area contributed by atoms with Crippen molar-refractivity contribution in [3.05, 3.63) is 0 Å². The molecule has 2 fully saturated rings. The summed E-state index contributed by atoms with van der Waals surface area (Å²) in [4.78, 5) is 13.8. The van der Waals surface area contributed by atoms with Gasteiger partial charge in [-0.15, -0.1) is 0 Å². The molecule has 4 heteroatoms. The largest absolute Gasteiger partial charge is 0.363 e. The van der Waals surface area contributed by atoms with E-state index in [0.717, 1.165) is 32.6 Å². The predicted octanol–water partition coefficient (Wildman–Crippen LogP) is 0.623. The van der Waals surface area contributed by atoms with Gasteiger partial charge in [0, 0.05) is 26.2 Å². The first-order valence-corrected chi connectivity index (χ1v) is 6.25. The molecule has 1 atom stereocenters. The molecule has 2 heterocycles. The quantitative estimate of drug-likeness (QED) is 0.764. The van der Waals surface area contributed by atoms with Crippen LogP contribution in [0.2, 0.25) is 0 Å². The number of nitrogens with zero attached hydrogens (tertiary/aromatic N) is 1. The molecule has 0 spiro atoms. The molecule has 0 aromatic rings. The summed E-state index contributed by atoms with van der Waals surface area (Å²) in [5, 5.41) is 3.16. The molecule has 16 heavy (non-hydrogen) atoms. The summed E-state index contributed by atoms with van der Waals surface area (Å²) in [5.74, 6) is 0.856. The lowest BCUT2D eigenvalue weighted by molar-refractivity contribution is -0.145. The summed E-state index contributed by atoms with van der Waals surface area (Å²) in [6.07, 6.45) is 2.33. The molecular formula is C12H22N2O2. The normalized spacial score (nSPS) is 27.9. The van der Waals surface area contributed by atoms with Crippen molar-refractivity contribution in [1.82, 2.24) is 10.2 Å². The first kappa shape index (κ1) is 11.9. The maximum absolute atomic E-state index is 11.9. The third-order valence-corrected chi connectivity index (χ3v) is 3.76. The summed E-state index contributed by atoms with van der Waals surface area (Å²) in [6, 6.07) is 0. The monoisotopic (exact) mass is 226 g/mol. The van der Waals surface area contributed by atoms with Crippen LogP contribution < -0.4 is 5.32 Å². The molecule has 0 bridgehead atoms. The van der Waals surface area contributed by atoms with E-state index in [0.29, 0.717) is 5.92 Å². The van der Waals surface area contributed by atoms with Crippen molar-refractivity contribution in [1.29, 1.82) is 0 Å². The van der Waals surface area contributed by atoms with Gasteiger partial charge in [0.25, 0.3) is 0 Å². The summed E-state index contributed by atoms with van der Waals surface area (Å²) >= 11 is 0. The van der Waals surface area contributed by atoms with E-state index in [-0.39, 0.29) is 18.1 Å². The smallest absolute Gasteiger partial charge is 0.248 e. The molecule has 1 amide bonds. The van der Waals surface area contributed by atoms with Crippen LogP contribution in [0.4, 0.5) is 0 Å². The third-order valence-electron chi connectivity index (χ3n) is 3.76. The first-order chi connectivity index (χ1) is 7.63. The number of hydrogen-bond acceptors (Lipinski definition) is 3. The molecule has 2 aliphatic rings. The fourth-order valence-corrected chi connectivity index (χ4v) is 2.30. The van der Waals surface area contributed by atoms with E-state index in [1.165, 1.54) is 6.42 Å². The number of hydrogen-bond donors (Lipinski definition) is 1. The molecule has 0 aliphatic carbocycles. The van der Waals surface area contributed by atoms with Crippen molar-refractivity contribution < 1.29 is 9.53 Å². The van der Waals surface area contributed by atoms with Crippen LogP contribution in [0, 0.1) is 5.92 Å². The number of ether oxygens (including phenoxy) is 1. The van der Waals surface area contributed by atoms with Crippen molar-refractivity contribution in [3.63, 3.8) is 0 Å². The number of likely N-dealkylation sites (tertiary alicyclic amines) is 1. The summed E-state index contributed by atoms with van der Waals surface area (Å²) in [6.45, 7) is 8.04. The van der Waals surface area contributed by atoms with Gasteiger partial charge in [-0.05, 0) is 19.3 Å². The minimum Gasteiger partial charge on any atom is -0.363 e. The maximum atomic E-state index is 11.9. The Morgan fingerprint density at radius 3 is 2.81 bits per heavy atom. The minimum absolute atomic E-state index is 0.112. The number of carbonyl (C=O) groups excluding carboxylic acids is 1. The molecule has 0 aromatic carbocycles. The van der Waals surface area contributed by atoms with Gasteiger partial charge in [-0.3, -0.25) is 4.79 Å². The van der Waals surface area contributed by atoms with Gasteiger partial charge in [-0.25, -0.2) is 0 Å². The van der Waals surface area contributed by atoms with E-state index >= 15 is 0 Å². The van der Waals surface area contributed by atoms with Gasteiger partial charge in [-0.1, -0.05) is 13.3 Å². The van der Waals surface area contributed by atoms with Gasteiger partial charge in [0.15, 0.2) is 0 Å². The number of amides is 1. The second-order valence-electron chi connectivity index (χ2n) is 5.24. The average molecular weight is 226 g/mol. The van der Waals surface area contributed by atoms with Crippen LogP contribution in [-0.2, 0) is 9.53 Å². The Morgan fingerprint density at radius 1 is 1.56 bits per heavy atom. The van der Waals surface area contributed by atoms with E-state index in [4.69, 9.17) is 4.74 Å². The molecule has 0 saturated carbocycles. The van der Waals surface area contributed by atoms with Gasteiger partial charge in [0.2, 0.25) is 5.91 Å². The molecule has 4 nitrogen and oxygen atoms in total. The Hall–Kier alpha value is -0.610. The highest BCUT2D eigenvalue weighted by molar-refractivity contribution is 5.77. The Balaban J connectivity index is 1.72. The molecule has 1 unspecified atom stereocenters. The zero-order chi connectivity index (χ0) is 11.6. The topological polar surface area (TPSA) is 41.6 Å². The van der Waals surface area contributed by atoms with Gasteiger partial charge < -0.3 is 15.0 Å². The Bertz CT molecular complexity index is 264.